The van der Waals surface area contributed by atoms with E-state index >= 15 is 0 Å². The van der Waals surface area contributed by atoms with Gasteiger partial charge in [-0.3, -0.25) is 4.79 Å². The number of carbonyl (C=O) groups excluding carboxylic acids is 1. The lowest BCUT2D eigenvalue weighted by Gasteiger charge is -2.04. The molecule has 0 aliphatic carbocycles. The third-order valence-corrected chi connectivity index (χ3v) is 2.60. The first-order chi connectivity index (χ1) is 6.15. The Morgan fingerprint density at radius 2 is 2.23 bits per heavy atom. The number of halogens is 1. The maximum atomic E-state index is 11.5. The highest BCUT2D eigenvalue weighted by Gasteiger charge is 2.07. The molecule has 0 aliphatic heterocycles. The molecule has 0 saturated heterocycles. The van der Waals surface area contributed by atoms with Gasteiger partial charge in [0.05, 0.1) is 5.56 Å². The summed E-state index contributed by atoms with van der Waals surface area (Å²) >= 11 is 2.18. The monoisotopic (exact) mass is 289 g/mol. The topological polar surface area (TPSA) is 29.1 Å². The summed E-state index contributed by atoms with van der Waals surface area (Å²) in [5, 5.41) is 2.78. The molecule has 2 nitrogen and oxygen atoms in total. The van der Waals surface area contributed by atoms with E-state index in [4.69, 9.17) is 0 Å². The largest absolute Gasteiger partial charge is 0.352 e. The Kier molecular flexibility index (Phi) is 3.71. The number of hydrogen-bond acceptors (Lipinski definition) is 1. The molecule has 1 amide bonds. The van der Waals surface area contributed by atoms with Crippen molar-refractivity contribution in [1.29, 1.82) is 0 Å². The average molecular weight is 289 g/mol. The number of benzene rings is 1. The molecule has 0 atom stereocenters. The van der Waals surface area contributed by atoms with E-state index in [1.807, 2.05) is 32.0 Å². The molecule has 0 bridgehead atoms. The van der Waals surface area contributed by atoms with Crippen LogP contribution in [0.4, 0.5) is 0 Å². The maximum absolute atomic E-state index is 11.5. The van der Waals surface area contributed by atoms with Crippen molar-refractivity contribution in [3.63, 3.8) is 0 Å². The highest BCUT2D eigenvalue weighted by atomic mass is 127. The first-order valence-corrected chi connectivity index (χ1v) is 5.27. The second kappa shape index (κ2) is 4.60. The Morgan fingerprint density at radius 1 is 1.54 bits per heavy atom. The van der Waals surface area contributed by atoms with Gasteiger partial charge in [-0.05, 0) is 48.6 Å². The van der Waals surface area contributed by atoms with Gasteiger partial charge in [0.2, 0.25) is 0 Å². The average Bonchev–Trinajstić information content (AvgIpc) is 2.04. The number of amides is 1. The molecular weight excluding hydrogens is 277 g/mol. The summed E-state index contributed by atoms with van der Waals surface area (Å²) < 4.78 is 1.00. The zero-order valence-electron chi connectivity index (χ0n) is 7.73. The standard InChI is InChI=1S/C10H12INO/c1-3-12-10(13)8-5-4-7(2)6-9(8)11/h4-6H,3H2,1-2H3,(H,12,13). The molecule has 0 fully saturated rings. The highest BCUT2D eigenvalue weighted by molar-refractivity contribution is 14.1. The van der Waals surface area contributed by atoms with Crippen molar-refractivity contribution < 1.29 is 4.79 Å². The second-order valence-corrected chi connectivity index (χ2v) is 4.00. The van der Waals surface area contributed by atoms with Gasteiger partial charge in [-0.15, -0.1) is 0 Å². The van der Waals surface area contributed by atoms with Crippen LogP contribution in [0.3, 0.4) is 0 Å². The summed E-state index contributed by atoms with van der Waals surface area (Å²) in [5.41, 5.74) is 1.94. The first-order valence-electron chi connectivity index (χ1n) is 4.19. The summed E-state index contributed by atoms with van der Waals surface area (Å²) in [6, 6.07) is 5.82. The zero-order valence-corrected chi connectivity index (χ0v) is 9.88. The van der Waals surface area contributed by atoms with Crippen molar-refractivity contribution in [3.05, 3.63) is 32.9 Å². The van der Waals surface area contributed by atoms with Crippen molar-refractivity contribution in [2.45, 2.75) is 13.8 Å². The van der Waals surface area contributed by atoms with Crippen molar-refractivity contribution in [3.8, 4) is 0 Å². The molecule has 0 unspecified atom stereocenters. The molecule has 0 saturated carbocycles. The van der Waals surface area contributed by atoms with Gasteiger partial charge in [0.15, 0.2) is 0 Å². The molecule has 3 heteroatoms. The maximum Gasteiger partial charge on any atom is 0.252 e. The lowest BCUT2D eigenvalue weighted by Crippen LogP contribution is -2.23. The van der Waals surface area contributed by atoms with E-state index in [9.17, 15) is 4.79 Å². The van der Waals surface area contributed by atoms with E-state index in [1.54, 1.807) is 0 Å². The van der Waals surface area contributed by atoms with E-state index in [0.717, 1.165) is 9.13 Å². The highest BCUT2D eigenvalue weighted by Crippen LogP contribution is 2.13. The summed E-state index contributed by atoms with van der Waals surface area (Å²) in [4.78, 5) is 11.5. The summed E-state index contributed by atoms with van der Waals surface area (Å²) in [6.07, 6.45) is 0. The van der Waals surface area contributed by atoms with Crippen LogP contribution < -0.4 is 5.32 Å². The van der Waals surface area contributed by atoms with Crippen molar-refractivity contribution >= 4 is 28.5 Å². The van der Waals surface area contributed by atoms with Crippen LogP contribution in [-0.4, -0.2) is 12.5 Å². The molecule has 0 heterocycles. The molecule has 1 aromatic carbocycles. The predicted molar refractivity (Wildman–Crippen MR) is 61.9 cm³/mol. The molecule has 0 radical (unpaired) electrons. The van der Waals surface area contributed by atoms with Gasteiger partial charge in [0.1, 0.15) is 0 Å². The smallest absolute Gasteiger partial charge is 0.252 e. The van der Waals surface area contributed by atoms with Gasteiger partial charge in [0, 0.05) is 10.1 Å². The third-order valence-electron chi connectivity index (χ3n) is 1.71. The quantitative estimate of drug-likeness (QED) is 0.832. The van der Waals surface area contributed by atoms with Gasteiger partial charge < -0.3 is 5.32 Å². The van der Waals surface area contributed by atoms with Gasteiger partial charge >= 0.3 is 0 Å². The van der Waals surface area contributed by atoms with Crippen LogP contribution in [-0.2, 0) is 0 Å². The van der Waals surface area contributed by atoms with Gasteiger partial charge in [0.25, 0.3) is 5.91 Å². The molecule has 1 N–H and O–H groups in total. The zero-order chi connectivity index (χ0) is 9.84. The molecule has 0 aromatic heterocycles. The fourth-order valence-corrected chi connectivity index (χ4v) is 1.98. The van der Waals surface area contributed by atoms with Crippen LogP contribution in [0.5, 0.6) is 0 Å². The molecule has 0 spiro atoms. The normalized spacial score (nSPS) is 9.77. The predicted octanol–water partition coefficient (Wildman–Crippen LogP) is 2.35. The van der Waals surface area contributed by atoms with E-state index < -0.39 is 0 Å². The lowest BCUT2D eigenvalue weighted by atomic mass is 10.1. The summed E-state index contributed by atoms with van der Waals surface area (Å²) in [6.45, 7) is 4.60. The Hall–Kier alpha value is -0.580. The third kappa shape index (κ3) is 2.69. The summed E-state index contributed by atoms with van der Waals surface area (Å²) in [5.74, 6) is 0.00639. The Morgan fingerprint density at radius 3 is 2.77 bits per heavy atom. The number of aryl methyl sites for hydroxylation is 1. The molecule has 1 rings (SSSR count). The number of nitrogens with one attached hydrogen (secondary N) is 1. The molecule has 0 aliphatic rings. The minimum atomic E-state index is 0.00639. The van der Waals surface area contributed by atoms with Crippen LogP contribution in [0.1, 0.15) is 22.8 Å². The van der Waals surface area contributed by atoms with Crippen LogP contribution in [0.2, 0.25) is 0 Å². The van der Waals surface area contributed by atoms with E-state index in [-0.39, 0.29) is 5.91 Å². The van der Waals surface area contributed by atoms with Gasteiger partial charge in [-0.1, -0.05) is 11.6 Å². The molecule has 70 valence electrons. The first kappa shape index (κ1) is 10.5. The lowest BCUT2D eigenvalue weighted by molar-refractivity contribution is 0.0955. The number of hydrogen-bond donors (Lipinski definition) is 1. The van der Waals surface area contributed by atoms with Crippen LogP contribution in [0.15, 0.2) is 18.2 Å². The number of rotatable bonds is 2. The van der Waals surface area contributed by atoms with Gasteiger partial charge in [-0.25, -0.2) is 0 Å². The van der Waals surface area contributed by atoms with Crippen molar-refractivity contribution in [1.82, 2.24) is 5.32 Å². The Bertz CT molecular complexity index is 323. The minimum absolute atomic E-state index is 0.00639. The van der Waals surface area contributed by atoms with E-state index in [0.29, 0.717) is 6.54 Å². The van der Waals surface area contributed by atoms with Crippen LogP contribution >= 0.6 is 22.6 Å². The molecule has 13 heavy (non-hydrogen) atoms. The Labute approximate surface area is 91.9 Å². The van der Waals surface area contributed by atoms with Crippen LogP contribution in [0.25, 0.3) is 0 Å². The SMILES string of the molecule is CCNC(=O)c1ccc(C)cc1I. The van der Waals surface area contributed by atoms with Gasteiger partial charge in [-0.2, -0.15) is 0 Å². The van der Waals surface area contributed by atoms with Crippen LogP contribution in [0, 0.1) is 10.5 Å². The minimum Gasteiger partial charge on any atom is -0.352 e. The molecule has 1 aromatic rings. The fourth-order valence-electron chi connectivity index (χ4n) is 1.06. The second-order valence-electron chi connectivity index (χ2n) is 2.84. The van der Waals surface area contributed by atoms with Crippen molar-refractivity contribution in [2.24, 2.45) is 0 Å². The molecular formula is C10H12INO. The summed E-state index contributed by atoms with van der Waals surface area (Å²) in [7, 11) is 0. The Balaban J connectivity index is 2.95. The fraction of sp³-hybridized carbons (Fsp3) is 0.300. The van der Waals surface area contributed by atoms with E-state index in [2.05, 4.69) is 27.9 Å². The van der Waals surface area contributed by atoms with Crippen molar-refractivity contribution in [2.75, 3.05) is 6.54 Å². The van der Waals surface area contributed by atoms with E-state index in [1.165, 1.54) is 5.56 Å². The number of carbonyl (C=O) groups is 1.